The van der Waals surface area contributed by atoms with Gasteiger partial charge in [0.2, 0.25) is 17.7 Å². The highest BCUT2D eigenvalue weighted by Crippen LogP contribution is 2.40. The predicted octanol–water partition coefficient (Wildman–Crippen LogP) is 8.48. The van der Waals surface area contributed by atoms with Crippen molar-refractivity contribution in [3.05, 3.63) is 134 Å². The average Bonchev–Trinajstić information content (AvgIpc) is 4.11. The zero-order chi connectivity index (χ0) is 51.9. The van der Waals surface area contributed by atoms with Crippen molar-refractivity contribution in [1.82, 2.24) is 45.6 Å². The number of amides is 3. The fourth-order valence-corrected chi connectivity index (χ4v) is 11.7. The molecule has 73 heavy (non-hydrogen) atoms. The number of pyridine rings is 1. The summed E-state index contributed by atoms with van der Waals surface area (Å²) in [4.78, 5) is 59.3. The van der Waals surface area contributed by atoms with E-state index in [1.165, 1.54) is 11.1 Å². The molecule has 3 amide bonds. The lowest BCUT2D eigenvalue weighted by atomic mass is 9.85. The van der Waals surface area contributed by atoms with Crippen molar-refractivity contribution in [2.75, 3.05) is 13.2 Å². The number of fused-ring (bicyclic) bond motifs is 3. The van der Waals surface area contributed by atoms with Crippen molar-refractivity contribution in [3.63, 3.8) is 0 Å². The second-order valence-electron chi connectivity index (χ2n) is 20.2. The molecule has 382 valence electrons. The summed E-state index contributed by atoms with van der Waals surface area (Å²) in [5.41, 5.74) is 8.74. The number of thiophene rings is 1. The van der Waals surface area contributed by atoms with Gasteiger partial charge in [0.15, 0.2) is 12.4 Å². The normalized spacial score (nSPS) is 20.1. The third-order valence-electron chi connectivity index (χ3n) is 13.8. The number of hydrogen-bond acceptors (Lipinski definition) is 14. The van der Waals surface area contributed by atoms with Gasteiger partial charge < -0.3 is 35.4 Å². The van der Waals surface area contributed by atoms with E-state index in [1.807, 2.05) is 75.9 Å². The SMILES string of the molecule is C=C(N[C@@H](C)c1ccc(-c2scnc2C)cc1)[C@H]1CC(O)CN1C(=O)[C@@H](NC(=O)COc1ccc(OC2CC(NC(=O)C[C@@H]3N=C(c4ccc(Cl)cc4)c4c(sc(C)c4C)-n4c(C)nnc43)C2)nc1)C(C)(C)C. The number of hydrogen-bond donors (Lipinski definition) is 4. The molecular weight excluding hydrogens is 984 g/mol. The molecule has 2 aromatic carbocycles. The van der Waals surface area contributed by atoms with Crippen molar-refractivity contribution in [3.8, 4) is 27.1 Å². The van der Waals surface area contributed by atoms with Crippen LogP contribution in [-0.2, 0) is 14.4 Å². The van der Waals surface area contributed by atoms with Crippen LogP contribution in [0.15, 0.2) is 89.6 Å². The van der Waals surface area contributed by atoms with E-state index in [2.05, 4.69) is 80.8 Å². The lowest BCUT2D eigenvalue weighted by Crippen LogP contribution is -2.57. The third-order valence-corrected chi connectivity index (χ3v) is 16.2. The molecular formula is C54H61ClN10O6S2. The van der Waals surface area contributed by atoms with Gasteiger partial charge in [0.05, 0.1) is 46.6 Å². The van der Waals surface area contributed by atoms with E-state index in [0.29, 0.717) is 47.4 Å². The Labute approximate surface area is 438 Å². The number of nitrogens with one attached hydrogen (secondary N) is 3. The van der Waals surface area contributed by atoms with Crippen LogP contribution in [0.25, 0.3) is 15.4 Å². The van der Waals surface area contributed by atoms with Gasteiger partial charge in [0.25, 0.3) is 5.91 Å². The second kappa shape index (κ2) is 21.2. The summed E-state index contributed by atoms with van der Waals surface area (Å²) in [7, 11) is 0. The Morgan fingerprint density at radius 2 is 1.66 bits per heavy atom. The van der Waals surface area contributed by atoms with Crippen LogP contribution in [0, 0.1) is 33.1 Å². The summed E-state index contributed by atoms with van der Waals surface area (Å²) in [5.74, 6) is 1.12. The van der Waals surface area contributed by atoms with Crippen LogP contribution in [0.4, 0.5) is 0 Å². The van der Waals surface area contributed by atoms with Gasteiger partial charge in [-0.3, -0.25) is 23.9 Å². The summed E-state index contributed by atoms with van der Waals surface area (Å²) in [5, 5.41) is 30.9. The fraction of sp³-hybridized carbons (Fsp3) is 0.407. The van der Waals surface area contributed by atoms with Crippen molar-refractivity contribution in [2.45, 2.75) is 123 Å². The number of nitrogens with zero attached hydrogens (tertiary/aromatic N) is 7. The highest BCUT2D eigenvalue weighted by molar-refractivity contribution is 7.15. The minimum absolute atomic E-state index is 0.0843. The smallest absolute Gasteiger partial charge is 0.258 e. The van der Waals surface area contributed by atoms with Crippen LogP contribution in [-0.4, -0.2) is 102 Å². The molecule has 19 heteroatoms. The quantitative estimate of drug-likeness (QED) is 0.0726. The van der Waals surface area contributed by atoms with Crippen LogP contribution < -0.4 is 25.4 Å². The molecule has 0 bridgehead atoms. The molecule has 16 nitrogen and oxygen atoms in total. The van der Waals surface area contributed by atoms with Gasteiger partial charge in [-0.25, -0.2) is 9.97 Å². The molecule has 6 heterocycles. The maximum atomic E-state index is 14.3. The Morgan fingerprint density at radius 3 is 2.33 bits per heavy atom. The lowest BCUT2D eigenvalue weighted by Gasteiger charge is -2.36. The number of ether oxygens (including phenoxy) is 2. The predicted molar refractivity (Wildman–Crippen MR) is 284 cm³/mol. The van der Waals surface area contributed by atoms with Crippen molar-refractivity contribution in [2.24, 2.45) is 10.4 Å². The number of aliphatic hydroxyl groups is 1. The molecule has 9 rings (SSSR count). The minimum Gasteiger partial charge on any atom is -0.482 e. The monoisotopic (exact) mass is 1040 g/mol. The van der Waals surface area contributed by atoms with Crippen LogP contribution in [0.3, 0.4) is 0 Å². The number of halogens is 1. The van der Waals surface area contributed by atoms with E-state index in [0.717, 1.165) is 54.9 Å². The molecule has 1 saturated carbocycles. The lowest BCUT2D eigenvalue weighted by molar-refractivity contribution is -0.140. The molecule has 2 aliphatic heterocycles. The molecule has 4 aromatic heterocycles. The van der Waals surface area contributed by atoms with Gasteiger partial charge in [-0.05, 0) is 74.9 Å². The van der Waals surface area contributed by atoms with E-state index < -0.39 is 35.6 Å². The Hall–Kier alpha value is -6.47. The van der Waals surface area contributed by atoms with Crippen molar-refractivity contribution < 1.29 is 29.0 Å². The maximum absolute atomic E-state index is 14.3. The standard InChI is InChI=1S/C54H61ClN10O6S2/c1-28-32(5)73-53-47(28)48(35-14-16-37(55)17-15-35)60-42(51-63-62-33(6)65(51)53)23-44(67)59-38-20-41(21-38)71-46-19-18-40(24-56-46)70-26-45(68)61-50(54(7,8)9)52(69)64-25-39(66)22-43(64)30(3)58-29(2)34-10-12-36(13-11-34)49-31(4)57-27-72-49/h10-19,24,27,29,38-39,41-43,50,58,66H,3,20-23,25-26H2,1-2,4-9H3,(H,59,67)(H,61,68)/t29-,38?,39?,41?,42-,43+,50+/m0/s1. The molecule has 1 aliphatic carbocycles. The van der Waals surface area contributed by atoms with E-state index in [4.69, 9.17) is 26.1 Å². The first-order chi connectivity index (χ1) is 34.8. The zero-order valence-electron chi connectivity index (χ0n) is 42.2. The number of rotatable bonds is 16. The molecule has 4 N–H and O–H groups in total. The van der Waals surface area contributed by atoms with Gasteiger partial charge in [0.1, 0.15) is 34.8 Å². The van der Waals surface area contributed by atoms with Gasteiger partial charge in [-0.2, -0.15) is 0 Å². The van der Waals surface area contributed by atoms with Gasteiger partial charge >= 0.3 is 0 Å². The molecule has 1 unspecified atom stereocenters. The molecule has 3 aliphatic rings. The summed E-state index contributed by atoms with van der Waals surface area (Å²) in [6, 6.07) is 17.0. The number of aromatic nitrogens is 5. The van der Waals surface area contributed by atoms with E-state index >= 15 is 0 Å². The number of aryl methyl sites for hydroxylation is 3. The Bertz CT molecular complexity index is 3050. The van der Waals surface area contributed by atoms with E-state index in [9.17, 15) is 19.5 Å². The summed E-state index contributed by atoms with van der Waals surface area (Å²) >= 11 is 9.54. The fourth-order valence-electron chi connectivity index (χ4n) is 9.58. The molecule has 1 saturated heterocycles. The second-order valence-corrected chi connectivity index (χ2v) is 22.7. The van der Waals surface area contributed by atoms with Crippen LogP contribution >= 0.6 is 34.3 Å². The van der Waals surface area contributed by atoms with Crippen molar-refractivity contribution >= 4 is 57.7 Å². The average molecular weight is 1050 g/mol. The first-order valence-electron chi connectivity index (χ1n) is 24.5. The Balaban J connectivity index is 0.750. The van der Waals surface area contributed by atoms with Gasteiger partial charge in [-0.1, -0.05) is 75.3 Å². The molecule has 0 radical (unpaired) electrons. The summed E-state index contributed by atoms with van der Waals surface area (Å²) in [6.07, 6.45) is 2.17. The van der Waals surface area contributed by atoms with Gasteiger partial charge in [-0.15, -0.1) is 32.9 Å². The highest BCUT2D eigenvalue weighted by Gasteiger charge is 2.43. The number of carbonyl (C=O) groups is 3. The third kappa shape index (κ3) is 11.2. The summed E-state index contributed by atoms with van der Waals surface area (Å²) in [6.45, 7) is 19.8. The van der Waals surface area contributed by atoms with Crippen LogP contribution in [0.5, 0.6) is 11.6 Å². The van der Waals surface area contributed by atoms with Crippen LogP contribution in [0.2, 0.25) is 5.02 Å². The van der Waals surface area contributed by atoms with Crippen molar-refractivity contribution in [1.29, 1.82) is 0 Å². The summed E-state index contributed by atoms with van der Waals surface area (Å²) < 4.78 is 14.0. The number of carbonyl (C=O) groups excluding carboxylic acids is 3. The zero-order valence-corrected chi connectivity index (χ0v) is 44.6. The maximum Gasteiger partial charge on any atom is 0.258 e. The number of aliphatic imine (C=N–C) groups is 1. The molecule has 0 spiro atoms. The molecule has 2 fully saturated rings. The Morgan fingerprint density at radius 1 is 0.932 bits per heavy atom. The first-order valence-corrected chi connectivity index (χ1v) is 26.5. The number of β-amino-alcohol motifs (C(OH)–C–C–N with tert-alkyl or cyclic N) is 1. The van der Waals surface area contributed by atoms with Crippen LogP contribution in [0.1, 0.15) is 110 Å². The highest BCUT2D eigenvalue weighted by atomic mass is 35.5. The van der Waals surface area contributed by atoms with E-state index in [-0.39, 0.29) is 49.6 Å². The number of thiazole rings is 1. The number of aliphatic hydroxyl groups excluding tert-OH is 1. The molecule has 5 atom stereocenters. The number of likely N-dealkylation sites (tertiary alicyclic amines) is 1. The Kier molecular flexibility index (Phi) is 14.9. The largest absolute Gasteiger partial charge is 0.482 e. The number of benzene rings is 2. The van der Waals surface area contributed by atoms with Gasteiger partial charge in [0, 0.05) is 70.7 Å². The minimum atomic E-state index is -0.915. The van der Waals surface area contributed by atoms with E-state index in [1.54, 1.807) is 39.7 Å². The molecule has 6 aromatic rings. The topological polar surface area (TPSA) is 198 Å². The first kappa shape index (κ1) is 51.4.